The van der Waals surface area contributed by atoms with Crippen molar-refractivity contribution in [2.75, 3.05) is 12.9 Å². The third-order valence-corrected chi connectivity index (χ3v) is 3.27. The predicted molar refractivity (Wildman–Crippen MR) is 62.8 cm³/mol. The Balaban J connectivity index is 2.75. The van der Waals surface area contributed by atoms with Crippen molar-refractivity contribution in [3.8, 4) is 0 Å². The van der Waals surface area contributed by atoms with Crippen molar-refractivity contribution in [2.24, 2.45) is 5.73 Å². The van der Waals surface area contributed by atoms with Crippen LogP contribution in [0.4, 0.5) is 4.39 Å². The zero-order valence-corrected chi connectivity index (χ0v) is 10.00. The van der Waals surface area contributed by atoms with Crippen LogP contribution in [0.3, 0.4) is 0 Å². The quantitative estimate of drug-likeness (QED) is 0.806. The zero-order chi connectivity index (χ0) is 12.8. The minimum atomic E-state index is -0.685. The number of hydrogen-bond donors (Lipinski definition) is 1. The number of esters is 1. The summed E-state index contributed by atoms with van der Waals surface area (Å²) in [6.07, 6.45) is 0. The number of rotatable bonds is 5. The van der Waals surface area contributed by atoms with Crippen LogP contribution in [0, 0.1) is 5.82 Å². The summed E-state index contributed by atoms with van der Waals surface area (Å²) in [6.45, 7) is 0. The highest BCUT2D eigenvalue weighted by Gasteiger charge is 2.19. The van der Waals surface area contributed by atoms with Gasteiger partial charge >= 0.3 is 5.97 Å². The third-order valence-electron chi connectivity index (χ3n) is 2.03. The van der Waals surface area contributed by atoms with E-state index < -0.39 is 22.9 Å². The van der Waals surface area contributed by atoms with Crippen molar-refractivity contribution < 1.29 is 18.7 Å². The molecule has 0 saturated carbocycles. The van der Waals surface area contributed by atoms with Crippen LogP contribution in [-0.4, -0.2) is 24.7 Å². The first-order valence-electron chi connectivity index (χ1n) is 4.77. The first-order chi connectivity index (χ1) is 8.04. The van der Waals surface area contributed by atoms with E-state index in [0.717, 1.165) is 11.8 Å². The van der Waals surface area contributed by atoms with Crippen LogP contribution in [0.15, 0.2) is 24.3 Å². The molecule has 0 spiro atoms. The Hall–Kier alpha value is -1.56. The largest absolute Gasteiger partial charge is 0.468 e. The van der Waals surface area contributed by atoms with E-state index in [1.165, 1.54) is 31.4 Å². The molecule has 0 aromatic heterocycles. The summed E-state index contributed by atoms with van der Waals surface area (Å²) >= 11 is 1.05. The standard InChI is InChI=1S/C11H12FNO3S/c1-16-9(14)6-17-10(11(13)15)7-2-4-8(12)5-3-7/h2-5,10H,6H2,1H3,(H2,13,15)/t10-/m0/s1. The maximum atomic E-state index is 12.7. The van der Waals surface area contributed by atoms with E-state index in [0.29, 0.717) is 5.56 Å². The summed E-state index contributed by atoms with van der Waals surface area (Å²) < 4.78 is 17.2. The van der Waals surface area contributed by atoms with E-state index in [2.05, 4.69) is 4.74 Å². The highest BCUT2D eigenvalue weighted by molar-refractivity contribution is 8.00. The van der Waals surface area contributed by atoms with Gasteiger partial charge in [0.05, 0.1) is 12.9 Å². The maximum absolute atomic E-state index is 12.7. The number of carbonyl (C=O) groups excluding carboxylic acids is 2. The van der Waals surface area contributed by atoms with Gasteiger partial charge in [-0.2, -0.15) is 0 Å². The smallest absolute Gasteiger partial charge is 0.315 e. The Bertz CT molecular complexity index is 408. The highest BCUT2D eigenvalue weighted by Crippen LogP contribution is 2.28. The molecule has 1 rings (SSSR count). The van der Waals surface area contributed by atoms with Crippen LogP contribution in [0.5, 0.6) is 0 Å². The molecule has 0 saturated heterocycles. The third kappa shape index (κ3) is 4.07. The lowest BCUT2D eigenvalue weighted by Gasteiger charge is -2.12. The van der Waals surface area contributed by atoms with E-state index in [9.17, 15) is 14.0 Å². The molecule has 1 aromatic rings. The number of thioether (sulfide) groups is 1. The van der Waals surface area contributed by atoms with Crippen molar-refractivity contribution in [1.29, 1.82) is 0 Å². The molecule has 0 aliphatic carbocycles. The van der Waals surface area contributed by atoms with Crippen LogP contribution >= 0.6 is 11.8 Å². The monoisotopic (exact) mass is 257 g/mol. The minimum absolute atomic E-state index is 0.0154. The molecule has 17 heavy (non-hydrogen) atoms. The topological polar surface area (TPSA) is 69.4 Å². The Morgan fingerprint density at radius 3 is 2.47 bits per heavy atom. The van der Waals surface area contributed by atoms with E-state index in [1.807, 2.05) is 0 Å². The van der Waals surface area contributed by atoms with Crippen molar-refractivity contribution in [2.45, 2.75) is 5.25 Å². The summed E-state index contributed by atoms with van der Waals surface area (Å²) in [6, 6.07) is 5.41. The molecule has 0 heterocycles. The Labute approximate surface area is 102 Å². The molecule has 4 nitrogen and oxygen atoms in total. The van der Waals surface area contributed by atoms with Gasteiger partial charge in [-0.3, -0.25) is 9.59 Å². The molecule has 6 heteroatoms. The molecule has 1 amide bonds. The van der Waals surface area contributed by atoms with Gasteiger partial charge in [-0.15, -0.1) is 11.8 Å². The summed E-state index contributed by atoms with van der Waals surface area (Å²) in [5.74, 6) is -1.40. The van der Waals surface area contributed by atoms with Gasteiger partial charge in [0.2, 0.25) is 5.91 Å². The fraction of sp³-hybridized carbons (Fsp3) is 0.273. The highest BCUT2D eigenvalue weighted by atomic mass is 32.2. The van der Waals surface area contributed by atoms with Crippen LogP contribution in [-0.2, 0) is 14.3 Å². The average Bonchev–Trinajstić information content (AvgIpc) is 2.31. The van der Waals surface area contributed by atoms with Crippen LogP contribution in [0.1, 0.15) is 10.8 Å². The molecule has 0 unspecified atom stereocenters. The fourth-order valence-corrected chi connectivity index (χ4v) is 2.12. The van der Waals surface area contributed by atoms with Gasteiger partial charge in [0.25, 0.3) is 0 Å². The van der Waals surface area contributed by atoms with E-state index in [-0.39, 0.29) is 5.75 Å². The molecule has 0 aliphatic heterocycles. The molecule has 92 valence electrons. The van der Waals surface area contributed by atoms with E-state index in [1.54, 1.807) is 0 Å². The number of ether oxygens (including phenoxy) is 1. The van der Waals surface area contributed by atoms with Gasteiger partial charge in [-0.1, -0.05) is 12.1 Å². The van der Waals surface area contributed by atoms with Crippen molar-refractivity contribution >= 4 is 23.6 Å². The number of primary amides is 1. The van der Waals surface area contributed by atoms with Gasteiger partial charge < -0.3 is 10.5 Å². The maximum Gasteiger partial charge on any atom is 0.315 e. The molecule has 0 radical (unpaired) electrons. The molecule has 0 bridgehead atoms. The Morgan fingerprint density at radius 1 is 1.41 bits per heavy atom. The number of hydrogen-bond acceptors (Lipinski definition) is 4. The van der Waals surface area contributed by atoms with Crippen LogP contribution in [0.25, 0.3) is 0 Å². The molecule has 0 fully saturated rings. The SMILES string of the molecule is COC(=O)CS[C@H](C(N)=O)c1ccc(F)cc1. The van der Waals surface area contributed by atoms with E-state index >= 15 is 0 Å². The Kier molecular flexibility index (Phi) is 4.96. The van der Waals surface area contributed by atoms with Crippen LogP contribution in [0.2, 0.25) is 0 Å². The van der Waals surface area contributed by atoms with Gasteiger partial charge in [0, 0.05) is 0 Å². The molecule has 1 aromatic carbocycles. The number of benzene rings is 1. The fourth-order valence-electron chi connectivity index (χ4n) is 1.19. The number of carbonyl (C=O) groups is 2. The molecular formula is C11H12FNO3S. The van der Waals surface area contributed by atoms with Crippen molar-refractivity contribution in [1.82, 2.24) is 0 Å². The summed E-state index contributed by atoms with van der Waals surface area (Å²) in [5, 5.41) is -0.685. The first-order valence-corrected chi connectivity index (χ1v) is 5.82. The summed E-state index contributed by atoms with van der Waals surface area (Å²) in [7, 11) is 1.26. The van der Waals surface area contributed by atoms with Gasteiger partial charge in [-0.05, 0) is 17.7 Å². The van der Waals surface area contributed by atoms with Crippen molar-refractivity contribution in [3.05, 3.63) is 35.6 Å². The Morgan fingerprint density at radius 2 is 2.00 bits per heavy atom. The summed E-state index contributed by atoms with van der Waals surface area (Å²) in [4.78, 5) is 22.2. The lowest BCUT2D eigenvalue weighted by molar-refractivity contribution is -0.137. The number of amides is 1. The average molecular weight is 257 g/mol. The number of halogens is 1. The zero-order valence-electron chi connectivity index (χ0n) is 9.18. The van der Waals surface area contributed by atoms with E-state index in [4.69, 9.17) is 5.73 Å². The molecular weight excluding hydrogens is 245 g/mol. The molecule has 0 aliphatic rings. The van der Waals surface area contributed by atoms with Gasteiger partial charge in [0.15, 0.2) is 0 Å². The van der Waals surface area contributed by atoms with Crippen LogP contribution < -0.4 is 5.73 Å². The second kappa shape index (κ2) is 6.24. The minimum Gasteiger partial charge on any atom is -0.468 e. The molecule has 2 N–H and O–H groups in total. The number of methoxy groups -OCH3 is 1. The lowest BCUT2D eigenvalue weighted by Crippen LogP contribution is -2.20. The van der Waals surface area contributed by atoms with Crippen molar-refractivity contribution in [3.63, 3.8) is 0 Å². The second-order valence-electron chi connectivity index (χ2n) is 3.22. The van der Waals surface area contributed by atoms with Gasteiger partial charge in [0.1, 0.15) is 11.1 Å². The first kappa shape index (κ1) is 13.5. The summed E-state index contributed by atoms with van der Waals surface area (Å²) in [5.41, 5.74) is 5.79. The predicted octanol–water partition coefficient (Wildman–Crippen LogP) is 1.26. The van der Waals surface area contributed by atoms with Gasteiger partial charge in [-0.25, -0.2) is 4.39 Å². The normalized spacial score (nSPS) is 11.9. The molecule has 1 atom stereocenters. The number of nitrogens with two attached hydrogens (primary N) is 1. The second-order valence-corrected chi connectivity index (χ2v) is 4.31. The lowest BCUT2D eigenvalue weighted by atomic mass is 10.1.